The molecule has 0 spiro atoms. The van der Waals surface area contributed by atoms with Gasteiger partial charge in [-0.1, -0.05) is 45.3 Å². The first-order chi connectivity index (χ1) is 9.27. The minimum atomic E-state index is -1.37. The number of rotatable bonds is 1. The number of hydrogen-bond acceptors (Lipinski definition) is 1. The Morgan fingerprint density at radius 2 is 1.40 bits per heavy atom. The minimum Gasteiger partial charge on any atom is -0.378 e. The van der Waals surface area contributed by atoms with E-state index in [4.69, 9.17) is 0 Å². The molecule has 2 heteroatoms. The fourth-order valence-corrected chi connectivity index (χ4v) is 4.38. The first kappa shape index (κ1) is 16.1. The highest BCUT2D eigenvalue weighted by atomic mass is 28.3. The molecule has 2 aliphatic rings. The van der Waals surface area contributed by atoms with E-state index in [0.29, 0.717) is 0 Å². The highest BCUT2D eigenvalue weighted by Crippen LogP contribution is 2.42. The third-order valence-electron chi connectivity index (χ3n) is 5.25. The summed E-state index contributed by atoms with van der Waals surface area (Å²) in [4.78, 5) is 0. The van der Waals surface area contributed by atoms with Crippen LogP contribution in [0.5, 0.6) is 0 Å². The van der Waals surface area contributed by atoms with Gasteiger partial charge < -0.3 is 5.11 Å². The second-order valence-electron chi connectivity index (χ2n) is 8.39. The van der Waals surface area contributed by atoms with Crippen molar-refractivity contribution in [1.82, 2.24) is 0 Å². The van der Waals surface area contributed by atoms with Crippen molar-refractivity contribution in [3.63, 3.8) is 0 Å². The van der Waals surface area contributed by atoms with Gasteiger partial charge in [-0.25, -0.2) is 0 Å². The Morgan fingerprint density at radius 3 is 1.90 bits per heavy atom. The Bertz CT molecular complexity index is 368. The third-order valence-corrected chi connectivity index (χ3v) is 6.13. The summed E-state index contributed by atoms with van der Waals surface area (Å²) in [5.41, 5.74) is 2.70. The Labute approximate surface area is 126 Å². The zero-order chi connectivity index (χ0) is 14.8. The highest BCUT2D eigenvalue weighted by molar-refractivity contribution is 6.83. The second-order valence-corrected chi connectivity index (χ2v) is 13.1. The summed E-state index contributed by atoms with van der Waals surface area (Å²) in [6, 6.07) is 0. The third kappa shape index (κ3) is 4.64. The largest absolute Gasteiger partial charge is 0.378 e. The molecule has 2 aliphatic carbocycles. The fourth-order valence-electron chi connectivity index (χ4n) is 3.78. The van der Waals surface area contributed by atoms with Gasteiger partial charge in [0.1, 0.15) is 13.7 Å². The zero-order valence-electron chi connectivity index (χ0n) is 13.8. The minimum absolute atomic E-state index is 0.668. The maximum Gasteiger partial charge on any atom is 0.129 e. The lowest BCUT2D eigenvalue weighted by molar-refractivity contribution is 0.0263. The van der Waals surface area contributed by atoms with Crippen LogP contribution in [0.25, 0.3) is 0 Å². The lowest BCUT2D eigenvalue weighted by Crippen LogP contribution is -2.36. The Morgan fingerprint density at radius 1 is 0.900 bits per heavy atom. The molecule has 2 rings (SSSR count). The van der Waals surface area contributed by atoms with E-state index < -0.39 is 13.7 Å². The Hall–Kier alpha value is -0.263. The molecule has 0 bridgehead atoms. The molecule has 0 unspecified atom stereocenters. The normalized spacial score (nSPS) is 39.0. The topological polar surface area (TPSA) is 20.2 Å². The maximum absolute atomic E-state index is 10.6. The molecule has 1 nitrogen and oxygen atoms in total. The molecule has 0 amide bonds. The van der Waals surface area contributed by atoms with Gasteiger partial charge in [-0.05, 0) is 56.3 Å². The molecule has 20 heavy (non-hydrogen) atoms. The molecule has 0 radical (unpaired) electrons. The Balaban J connectivity index is 1.86. The summed E-state index contributed by atoms with van der Waals surface area (Å²) in [5.74, 6) is 5.96. The molecular formula is C18H32OSi. The van der Waals surface area contributed by atoms with E-state index in [1.165, 1.54) is 38.5 Å². The van der Waals surface area contributed by atoms with Crippen LogP contribution in [-0.4, -0.2) is 18.8 Å². The predicted octanol–water partition coefficient (Wildman–Crippen LogP) is 4.61. The quantitative estimate of drug-likeness (QED) is 0.552. The smallest absolute Gasteiger partial charge is 0.129 e. The average molecular weight is 293 g/mol. The van der Waals surface area contributed by atoms with Gasteiger partial charge >= 0.3 is 0 Å². The van der Waals surface area contributed by atoms with Crippen molar-refractivity contribution in [2.75, 3.05) is 0 Å². The molecule has 0 saturated heterocycles. The summed E-state index contributed by atoms with van der Waals surface area (Å²) < 4.78 is 0. The molecule has 0 aromatic rings. The van der Waals surface area contributed by atoms with Gasteiger partial charge in [-0.3, -0.25) is 0 Å². The van der Waals surface area contributed by atoms with Crippen LogP contribution in [0, 0.1) is 29.2 Å². The standard InChI is InChI=1S/C18H32OSi/c1-15-5-7-16(8-6-15)17-9-11-18(19,12-10-17)13-14-20(2,3)4/h15-17,19H,5-12H2,1-4H3. The monoisotopic (exact) mass is 292 g/mol. The summed E-state index contributed by atoms with van der Waals surface area (Å²) in [6.07, 6.45) is 9.87. The molecule has 114 valence electrons. The van der Waals surface area contributed by atoms with E-state index in [1.54, 1.807) is 0 Å². The predicted molar refractivity (Wildman–Crippen MR) is 89.2 cm³/mol. The SMILES string of the molecule is CC1CCC(C2CCC(O)(C#C[Si](C)(C)C)CC2)CC1. The van der Waals surface area contributed by atoms with Gasteiger partial charge in [-0.15, -0.1) is 5.54 Å². The Kier molecular flexibility index (Phi) is 5.03. The zero-order valence-corrected chi connectivity index (χ0v) is 14.8. The van der Waals surface area contributed by atoms with Gasteiger partial charge in [0, 0.05) is 0 Å². The summed E-state index contributed by atoms with van der Waals surface area (Å²) in [7, 11) is -1.37. The maximum atomic E-state index is 10.6. The van der Waals surface area contributed by atoms with Crippen LogP contribution in [0.15, 0.2) is 0 Å². The molecule has 2 saturated carbocycles. The van der Waals surface area contributed by atoms with Crippen molar-refractivity contribution < 1.29 is 5.11 Å². The van der Waals surface area contributed by atoms with E-state index in [2.05, 4.69) is 38.0 Å². The summed E-state index contributed by atoms with van der Waals surface area (Å²) in [5, 5.41) is 10.6. The van der Waals surface area contributed by atoms with E-state index >= 15 is 0 Å². The number of aliphatic hydroxyl groups is 1. The van der Waals surface area contributed by atoms with E-state index in [0.717, 1.165) is 30.6 Å². The lowest BCUT2D eigenvalue weighted by Gasteiger charge is -2.39. The lowest BCUT2D eigenvalue weighted by atomic mass is 9.68. The van der Waals surface area contributed by atoms with Crippen molar-refractivity contribution in [2.45, 2.75) is 83.5 Å². The van der Waals surface area contributed by atoms with Crippen LogP contribution >= 0.6 is 0 Å². The summed E-state index contributed by atoms with van der Waals surface area (Å²) >= 11 is 0. The van der Waals surface area contributed by atoms with Crippen LogP contribution < -0.4 is 0 Å². The van der Waals surface area contributed by atoms with Crippen molar-refractivity contribution in [2.24, 2.45) is 17.8 Å². The first-order valence-corrected chi connectivity index (χ1v) is 12.0. The molecular weight excluding hydrogens is 260 g/mol. The van der Waals surface area contributed by atoms with Crippen LogP contribution in [0.4, 0.5) is 0 Å². The molecule has 2 fully saturated rings. The van der Waals surface area contributed by atoms with Crippen LogP contribution in [-0.2, 0) is 0 Å². The molecule has 0 aromatic carbocycles. The van der Waals surface area contributed by atoms with E-state index in [1.807, 2.05) is 0 Å². The van der Waals surface area contributed by atoms with E-state index in [-0.39, 0.29) is 0 Å². The molecule has 1 N–H and O–H groups in total. The van der Waals surface area contributed by atoms with Crippen LogP contribution in [0.1, 0.15) is 58.3 Å². The first-order valence-electron chi connectivity index (χ1n) is 8.54. The van der Waals surface area contributed by atoms with Gasteiger partial charge in [0.2, 0.25) is 0 Å². The average Bonchev–Trinajstić information content (AvgIpc) is 2.38. The van der Waals surface area contributed by atoms with Gasteiger partial charge in [-0.2, -0.15) is 0 Å². The van der Waals surface area contributed by atoms with Crippen molar-refractivity contribution in [1.29, 1.82) is 0 Å². The highest BCUT2D eigenvalue weighted by Gasteiger charge is 2.35. The molecule has 0 heterocycles. The van der Waals surface area contributed by atoms with Crippen LogP contribution in [0.2, 0.25) is 19.6 Å². The molecule has 0 atom stereocenters. The van der Waals surface area contributed by atoms with Crippen LogP contribution in [0.3, 0.4) is 0 Å². The van der Waals surface area contributed by atoms with Gasteiger partial charge in [0.25, 0.3) is 0 Å². The summed E-state index contributed by atoms with van der Waals surface area (Å²) in [6.45, 7) is 9.14. The molecule has 0 aromatic heterocycles. The molecule has 0 aliphatic heterocycles. The van der Waals surface area contributed by atoms with Crippen molar-refractivity contribution in [3.05, 3.63) is 0 Å². The number of hydrogen-bond donors (Lipinski definition) is 1. The van der Waals surface area contributed by atoms with Crippen molar-refractivity contribution >= 4 is 8.07 Å². The van der Waals surface area contributed by atoms with E-state index in [9.17, 15) is 5.11 Å². The second kappa shape index (κ2) is 6.24. The fraction of sp³-hybridized carbons (Fsp3) is 0.889. The van der Waals surface area contributed by atoms with Crippen molar-refractivity contribution in [3.8, 4) is 11.5 Å². The van der Waals surface area contributed by atoms with Gasteiger partial charge in [0.05, 0.1) is 0 Å². The van der Waals surface area contributed by atoms with Gasteiger partial charge in [0.15, 0.2) is 0 Å².